The average molecular weight is 365 g/mol. The van der Waals surface area contributed by atoms with Gasteiger partial charge in [0.2, 0.25) is 0 Å². The lowest BCUT2D eigenvalue weighted by molar-refractivity contribution is -0.136. The van der Waals surface area contributed by atoms with Crippen LogP contribution in [-0.2, 0) is 6.18 Å². The average Bonchev–Trinajstić information content (AvgIpc) is 2.77. The van der Waals surface area contributed by atoms with E-state index in [1.165, 1.54) is 6.07 Å². The molecule has 0 aromatic heterocycles. The van der Waals surface area contributed by atoms with E-state index in [0.29, 0.717) is 29.4 Å². The normalized spacial score (nSPS) is 14.7. The largest absolute Gasteiger partial charge is 0.418 e. The number of allylic oxidation sites excluding steroid dienone is 1. The van der Waals surface area contributed by atoms with Crippen LogP contribution < -0.4 is 5.32 Å². The van der Waals surface area contributed by atoms with Crippen LogP contribution in [0.15, 0.2) is 47.5 Å². The maximum Gasteiger partial charge on any atom is 0.418 e. The zero-order valence-electron chi connectivity index (χ0n) is 13.5. The molecule has 0 spiro atoms. The number of hydrogen-bond acceptors (Lipinski definition) is 2. The zero-order chi connectivity index (χ0) is 18.0. The molecule has 0 bridgehead atoms. The van der Waals surface area contributed by atoms with Crippen LogP contribution in [0.5, 0.6) is 0 Å². The molecule has 6 heteroatoms. The van der Waals surface area contributed by atoms with E-state index in [2.05, 4.69) is 10.3 Å². The molecule has 25 heavy (non-hydrogen) atoms. The SMILES string of the molecule is Cc1cc(/C=C/C2=NCCNc3c2cccc3C(F)(F)F)ccc1Cl. The number of benzodiazepines with no additional fused rings is 1. The fourth-order valence-electron chi connectivity index (χ4n) is 2.72. The fourth-order valence-corrected chi connectivity index (χ4v) is 2.84. The van der Waals surface area contributed by atoms with E-state index in [-0.39, 0.29) is 5.69 Å². The lowest BCUT2D eigenvalue weighted by Crippen LogP contribution is -2.13. The Kier molecular flexibility index (Phi) is 4.86. The van der Waals surface area contributed by atoms with Gasteiger partial charge in [0.15, 0.2) is 0 Å². The Morgan fingerprint density at radius 2 is 1.96 bits per heavy atom. The van der Waals surface area contributed by atoms with Crippen molar-refractivity contribution in [3.05, 3.63) is 69.8 Å². The molecule has 0 unspecified atom stereocenters. The van der Waals surface area contributed by atoms with Crippen molar-refractivity contribution >= 4 is 29.1 Å². The summed E-state index contributed by atoms with van der Waals surface area (Å²) in [6, 6.07) is 9.71. The minimum atomic E-state index is -4.41. The third kappa shape index (κ3) is 3.87. The van der Waals surface area contributed by atoms with E-state index < -0.39 is 11.7 Å². The van der Waals surface area contributed by atoms with Crippen molar-refractivity contribution in [1.82, 2.24) is 0 Å². The Morgan fingerprint density at radius 1 is 1.16 bits per heavy atom. The minimum Gasteiger partial charge on any atom is -0.382 e. The van der Waals surface area contributed by atoms with Crippen molar-refractivity contribution in [2.45, 2.75) is 13.1 Å². The zero-order valence-corrected chi connectivity index (χ0v) is 14.2. The standard InChI is InChI=1S/C19H16ClF3N2/c1-12-11-13(5-7-16(12)20)6-8-17-14-3-2-4-15(19(21,22)23)18(14)25-10-9-24-17/h2-8,11,25H,9-10H2,1H3/b8-6+. The Bertz CT molecular complexity index is 854. The van der Waals surface area contributed by atoms with Gasteiger partial charge in [0, 0.05) is 17.1 Å². The molecule has 0 aliphatic carbocycles. The second-order valence-electron chi connectivity index (χ2n) is 5.76. The highest BCUT2D eigenvalue weighted by molar-refractivity contribution is 6.31. The molecule has 1 N–H and O–H groups in total. The lowest BCUT2D eigenvalue weighted by Gasteiger charge is -2.16. The van der Waals surface area contributed by atoms with Crippen molar-refractivity contribution in [1.29, 1.82) is 0 Å². The van der Waals surface area contributed by atoms with E-state index >= 15 is 0 Å². The highest BCUT2D eigenvalue weighted by Crippen LogP contribution is 2.37. The predicted molar refractivity (Wildman–Crippen MR) is 96.6 cm³/mol. The molecule has 2 nitrogen and oxygen atoms in total. The number of nitrogens with zero attached hydrogens (tertiary/aromatic N) is 1. The minimum absolute atomic E-state index is 0.0863. The van der Waals surface area contributed by atoms with Gasteiger partial charge in [0.05, 0.1) is 23.5 Å². The van der Waals surface area contributed by atoms with Crippen LogP contribution in [0.3, 0.4) is 0 Å². The van der Waals surface area contributed by atoms with E-state index in [4.69, 9.17) is 11.6 Å². The summed E-state index contributed by atoms with van der Waals surface area (Å²) in [6.07, 6.45) is -0.836. The van der Waals surface area contributed by atoms with Crippen LogP contribution in [0.25, 0.3) is 6.08 Å². The summed E-state index contributed by atoms with van der Waals surface area (Å²) < 4.78 is 39.8. The van der Waals surface area contributed by atoms with E-state index in [1.807, 2.05) is 25.1 Å². The molecular weight excluding hydrogens is 349 g/mol. The van der Waals surface area contributed by atoms with Crippen molar-refractivity contribution in [2.75, 3.05) is 18.4 Å². The molecule has 0 atom stereocenters. The first kappa shape index (κ1) is 17.5. The number of alkyl halides is 3. The number of fused-ring (bicyclic) bond motifs is 1. The van der Waals surface area contributed by atoms with E-state index in [9.17, 15) is 13.2 Å². The Labute approximate surface area is 149 Å². The maximum absolute atomic E-state index is 13.3. The van der Waals surface area contributed by atoms with E-state index in [0.717, 1.165) is 17.2 Å². The smallest absolute Gasteiger partial charge is 0.382 e. The number of aliphatic imine (C=N–C) groups is 1. The lowest BCUT2D eigenvalue weighted by atomic mass is 10.0. The summed E-state index contributed by atoms with van der Waals surface area (Å²) in [4.78, 5) is 4.42. The molecule has 2 aromatic carbocycles. The number of rotatable bonds is 2. The predicted octanol–water partition coefficient (Wildman–Crippen LogP) is 5.60. The number of anilines is 1. The highest BCUT2D eigenvalue weighted by Gasteiger charge is 2.35. The van der Waals surface area contributed by atoms with Crippen molar-refractivity contribution in [3.8, 4) is 0 Å². The van der Waals surface area contributed by atoms with Crippen LogP contribution in [0.2, 0.25) is 5.02 Å². The van der Waals surface area contributed by atoms with Gasteiger partial charge in [-0.25, -0.2) is 0 Å². The first-order valence-electron chi connectivity index (χ1n) is 7.79. The quantitative estimate of drug-likeness (QED) is 0.737. The number of nitrogens with one attached hydrogen (secondary N) is 1. The molecule has 0 radical (unpaired) electrons. The van der Waals surface area contributed by atoms with Gasteiger partial charge in [0.25, 0.3) is 0 Å². The van der Waals surface area contributed by atoms with Gasteiger partial charge in [0.1, 0.15) is 0 Å². The first-order chi connectivity index (χ1) is 11.9. The van der Waals surface area contributed by atoms with E-state index in [1.54, 1.807) is 18.2 Å². The summed E-state index contributed by atoms with van der Waals surface area (Å²) in [5.74, 6) is 0. The summed E-state index contributed by atoms with van der Waals surface area (Å²) in [7, 11) is 0. The first-order valence-corrected chi connectivity index (χ1v) is 8.17. The van der Waals surface area contributed by atoms with Crippen molar-refractivity contribution in [3.63, 3.8) is 0 Å². The third-order valence-corrected chi connectivity index (χ3v) is 4.38. The Balaban J connectivity index is 2.00. The summed E-state index contributed by atoms with van der Waals surface area (Å²) in [5, 5.41) is 3.53. The number of para-hydroxylation sites is 1. The molecule has 3 rings (SSSR count). The van der Waals surface area contributed by atoms with Crippen molar-refractivity contribution < 1.29 is 13.2 Å². The summed E-state index contributed by atoms with van der Waals surface area (Å²) >= 11 is 6.02. The third-order valence-electron chi connectivity index (χ3n) is 3.96. The van der Waals surface area contributed by atoms with Crippen LogP contribution in [-0.4, -0.2) is 18.8 Å². The van der Waals surface area contributed by atoms with Gasteiger partial charge in [-0.1, -0.05) is 41.9 Å². The second-order valence-corrected chi connectivity index (χ2v) is 6.17. The molecular formula is C19H16ClF3N2. The van der Waals surface area contributed by atoms with Gasteiger partial charge in [-0.15, -0.1) is 0 Å². The molecule has 0 saturated carbocycles. The topological polar surface area (TPSA) is 24.4 Å². The molecule has 0 saturated heterocycles. The van der Waals surface area contributed by atoms with Gasteiger partial charge < -0.3 is 5.32 Å². The van der Waals surface area contributed by atoms with Crippen LogP contribution >= 0.6 is 11.6 Å². The summed E-state index contributed by atoms with van der Waals surface area (Å²) in [6.45, 7) is 2.67. The van der Waals surface area contributed by atoms with Crippen LogP contribution in [0.1, 0.15) is 22.3 Å². The molecule has 1 aliphatic rings. The molecule has 1 heterocycles. The Hall–Kier alpha value is -2.27. The Morgan fingerprint density at radius 3 is 2.68 bits per heavy atom. The van der Waals surface area contributed by atoms with Crippen LogP contribution in [0, 0.1) is 6.92 Å². The van der Waals surface area contributed by atoms with Gasteiger partial charge >= 0.3 is 6.18 Å². The summed E-state index contributed by atoms with van der Waals surface area (Å²) in [5.41, 5.74) is 2.25. The molecule has 1 aliphatic heterocycles. The number of benzene rings is 2. The van der Waals surface area contributed by atoms with Gasteiger partial charge in [-0.05, 0) is 36.3 Å². The van der Waals surface area contributed by atoms with Gasteiger partial charge in [-0.2, -0.15) is 13.2 Å². The highest BCUT2D eigenvalue weighted by atomic mass is 35.5. The fraction of sp³-hybridized carbons (Fsp3) is 0.211. The molecule has 2 aromatic rings. The number of halogens is 4. The molecule has 0 amide bonds. The van der Waals surface area contributed by atoms with Gasteiger partial charge in [-0.3, -0.25) is 4.99 Å². The molecule has 130 valence electrons. The van der Waals surface area contributed by atoms with Crippen LogP contribution in [0.4, 0.5) is 18.9 Å². The number of aryl methyl sites for hydroxylation is 1. The second kappa shape index (κ2) is 6.92. The molecule has 0 fully saturated rings. The number of hydrogen-bond donors (Lipinski definition) is 1. The monoisotopic (exact) mass is 364 g/mol. The maximum atomic E-state index is 13.3. The van der Waals surface area contributed by atoms with Crippen molar-refractivity contribution in [2.24, 2.45) is 4.99 Å².